The van der Waals surface area contributed by atoms with Gasteiger partial charge in [0.2, 0.25) is 10.0 Å². The first kappa shape index (κ1) is 17.3. The first-order chi connectivity index (χ1) is 12.6. The molecule has 1 aliphatic heterocycles. The van der Waals surface area contributed by atoms with Crippen molar-refractivity contribution >= 4 is 31.6 Å². The number of sulfonamides is 1. The third kappa shape index (κ3) is 3.16. The summed E-state index contributed by atoms with van der Waals surface area (Å²) in [5.41, 5.74) is 2.46. The predicted molar refractivity (Wildman–Crippen MR) is 106 cm³/mol. The monoisotopic (exact) mass is 428 g/mol. The second-order valence-electron chi connectivity index (χ2n) is 6.13. The largest absolute Gasteiger partial charge is 0.364 e. The van der Waals surface area contributed by atoms with Gasteiger partial charge < -0.3 is 5.32 Å². The third-order valence-corrected chi connectivity index (χ3v) is 6.82. The number of hydrogen-bond donors (Lipinski definition) is 1. The lowest BCUT2D eigenvalue weighted by atomic mass is 10.1. The van der Waals surface area contributed by atoms with Gasteiger partial charge in [0, 0.05) is 11.0 Å². The van der Waals surface area contributed by atoms with E-state index in [0.29, 0.717) is 17.1 Å². The second-order valence-corrected chi connectivity index (χ2v) is 8.91. The number of para-hydroxylation sites is 1. The standard InChI is InChI=1S/C20H17BrN2O2S/c21-17-12-10-16(11-13-17)20-22-18-8-4-5-9-19(18)26(24,25)23(20)14-15-6-2-1-3-7-15/h1-13,20,22H,14H2/t20-/m1/s1. The quantitative estimate of drug-likeness (QED) is 0.653. The summed E-state index contributed by atoms with van der Waals surface area (Å²) in [7, 11) is -3.63. The van der Waals surface area contributed by atoms with Gasteiger partial charge in [-0.3, -0.25) is 0 Å². The van der Waals surface area contributed by atoms with Crippen LogP contribution in [-0.2, 0) is 16.6 Å². The summed E-state index contributed by atoms with van der Waals surface area (Å²) in [6.07, 6.45) is -0.469. The first-order valence-electron chi connectivity index (χ1n) is 8.22. The minimum absolute atomic E-state index is 0.297. The number of hydrogen-bond acceptors (Lipinski definition) is 3. The van der Waals surface area contributed by atoms with Crippen molar-refractivity contribution in [3.63, 3.8) is 0 Å². The molecule has 0 saturated carbocycles. The van der Waals surface area contributed by atoms with Crippen LogP contribution < -0.4 is 5.32 Å². The number of fused-ring (bicyclic) bond motifs is 1. The summed E-state index contributed by atoms with van der Waals surface area (Å²) in [6.45, 7) is 0.297. The number of halogens is 1. The van der Waals surface area contributed by atoms with Gasteiger partial charge in [-0.1, -0.05) is 70.5 Å². The smallest absolute Gasteiger partial charge is 0.247 e. The van der Waals surface area contributed by atoms with Crippen molar-refractivity contribution in [2.75, 3.05) is 5.32 Å². The molecule has 1 heterocycles. The number of nitrogens with one attached hydrogen (secondary N) is 1. The molecule has 4 nitrogen and oxygen atoms in total. The Hall–Kier alpha value is -2.15. The highest BCUT2D eigenvalue weighted by Crippen LogP contribution is 2.39. The van der Waals surface area contributed by atoms with Crippen molar-refractivity contribution in [2.24, 2.45) is 0 Å². The highest BCUT2D eigenvalue weighted by molar-refractivity contribution is 9.10. The van der Waals surface area contributed by atoms with Crippen LogP contribution in [0.15, 0.2) is 88.2 Å². The Labute approximate surface area is 161 Å². The van der Waals surface area contributed by atoms with Gasteiger partial charge in [0.15, 0.2) is 0 Å². The Morgan fingerprint density at radius 1 is 0.885 bits per heavy atom. The van der Waals surface area contributed by atoms with E-state index in [9.17, 15) is 8.42 Å². The van der Waals surface area contributed by atoms with Crippen LogP contribution >= 0.6 is 15.9 Å². The summed E-state index contributed by atoms with van der Waals surface area (Å²) in [4.78, 5) is 0.310. The van der Waals surface area contributed by atoms with E-state index in [-0.39, 0.29) is 0 Å². The van der Waals surface area contributed by atoms with Gasteiger partial charge in [0.05, 0.1) is 5.69 Å². The molecule has 0 saturated heterocycles. The fourth-order valence-electron chi connectivity index (χ4n) is 3.13. The molecule has 1 aliphatic rings. The zero-order chi connectivity index (χ0) is 18.1. The average molecular weight is 429 g/mol. The molecule has 0 aliphatic carbocycles. The zero-order valence-electron chi connectivity index (χ0n) is 13.8. The Morgan fingerprint density at radius 2 is 1.54 bits per heavy atom. The maximum atomic E-state index is 13.3. The molecule has 4 rings (SSSR count). The molecule has 1 N–H and O–H groups in total. The topological polar surface area (TPSA) is 49.4 Å². The van der Waals surface area contributed by atoms with E-state index >= 15 is 0 Å². The predicted octanol–water partition coefficient (Wildman–Crippen LogP) is 4.76. The first-order valence-corrected chi connectivity index (χ1v) is 10.5. The Kier molecular flexibility index (Phi) is 4.56. The van der Waals surface area contributed by atoms with E-state index in [1.165, 1.54) is 4.31 Å². The number of nitrogens with zero attached hydrogens (tertiary/aromatic N) is 1. The summed E-state index contributed by atoms with van der Waals surface area (Å²) in [5.74, 6) is 0. The molecule has 0 aromatic heterocycles. The van der Waals surface area contributed by atoms with E-state index in [1.54, 1.807) is 18.2 Å². The van der Waals surface area contributed by atoms with Gasteiger partial charge >= 0.3 is 0 Å². The molecular weight excluding hydrogens is 412 g/mol. The molecule has 3 aromatic carbocycles. The Bertz CT molecular complexity index is 1020. The maximum absolute atomic E-state index is 13.3. The van der Waals surface area contributed by atoms with Crippen molar-refractivity contribution in [1.82, 2.24) is 4.31 Å². The zero-order valence-corrected chi connectivity index (χ0v) is 16.2. The molecule has 0 radical (unpaired) electrons. The lowest BCUT2D eigenvalue weighted by Gasteiger charge is -2.37. The fraction of sp³-hybridized carbons (Fsp3) is 0.100. The molecule has 26 heavy (non-hydrogen) atoms. The Morgan fingerprint density at radius 3 is 2.27 bits per heavy atom. The van der Waals surface area contributed by atoms with Crippen molar-refractivity contribution in [3.8, 4) is 0 Å². The maximum Gasteiger partial charge on any atom is 0.247 e. The van der Waals surface area contributed by atoms with Crippen LogP contribution in [0.2, 0.25) is 0 Å². The number of anilines is 1. The molecule has 0 spiro atoms. The van der Waals surface area contributed by atoms with Crippen molar-refractivity contribution in [1.29, 1.82) is 0 Å². The summed E-state index contributed by atoms with van der Waals surface area (Å²) in [5, 5.41) is 3.39. The molecule has 1 atom stereocenters. The van der Waals surface area contributed by atoms with E-state index in [4.69, 9.17) is 0 Å². The third-order valence-electron chi connectivity index (χ3n) is 4.42. The second kappa shape index (κ2) is 6.87. The summed E-state index contributed by atoms with van der Waals surface area (Å²) < 4.78 is 29.1. The van der Waals surface area contributed by atoms with Gasteiger partial charge in [-0.25, -0.2) is 8.42 Å². The van der Waals surface area contributed by atoms with Crippen LogP contribution in [0.25, 0.3) is 0 Å². The van der Waals surface area contributed by atoms with Crippen molar-refractivity contribution < 1.29 is 8.42 Å². The molecule has 0 bridgehead atoms. The van der Waals surface area contributed by atoms with Crippen LogP contribution in [0.4, 0.5) is 5.69 Å². The molecule has 6 heteroatoms. The van der Waals surface area contributed by atoms with Gasteiger partial charge in [-0.15, -0.1) is 0 Å². The summed E-state index contributed by atoms with van der Waals surface area (Å²) in [6, 6.07) is 24.4. The van der Waals surface area contributed by atoms with Crippen LogP contribution in [-0.4, -0.2) is 12.7 Å². The fourth-order valence-corrected chi connectivity index (χ4v) is 5.07. The minimum Gasteiger partial charge on any atom is -0.364 e. The van der Waals surface area contributed by atoms with Gasteiger partial charge in [-0.05, 0) is 35.4 Å². The van der Waals surface area contributed by atoms with Crippen molar-refractivity contribution in [2.45, 2.75) is 17.6 Å². The van der Waals surface area contributed by atoms with Gasteiger partial charge in [0.1, 0.15) is 11.1 Å². The molecule has 0 fully saturated rings. The Balaban J connectivity index is 1.83. The number of benzene rings is 3. The van der Waals surface area contributed by atoms with Crippen LogP contribution in [0.5, 0.6) is 0 Å². The van der Waals surface area contributed by atoms with E-state index in [0.717, 1.165) is 15.6 Å². The van der Waals surface area contributed by atoms with Crippen LogP contribution in [0.3, 0.4) is 0 Å². The van der Waals surface area contributed by atoms with E-state index < -0.39 is 16.2 Å². The van der Waals surface area contributed by atoms with Crippen molar-refractivity contribution in [3.05, 3.63) is 94.5 Å². The lowest BCUT2D eigenvalue weighted by molar-refractivity contribution is 0.336. The van der Waals surface area contributed by atoms with E-state index in [2.05, 4.69) is 21.2 Å². The molecule has 132 valence electrons. The SMILES string of the molecule is O=S1(=O)c2ccccc2N[C@@H](c2ccc(Br)cc2)N1Cc1ccccc1. The average Bonchev–Trinajstić information content (AvgIpc) is 2.66. The van der Waals surface area contributed by atoms with Crippen LogP contribution in [0, 0.1) is 0 Å². The normalized spacial score (nSPS) is 18.7. The van der Waals surface area contributed by atoms with Crippen LogP contribution in [0.1, 0.15) is 17.3 Å². The highest BCUT2D eigenvalue weighted by atomic mass is 79.9. The van der Waals surface area contributed by atoms with Gasteiger partial charge in [0.25, 0.3) is 0 Å². The summed E-state index contributed by atoms with van der Waals surface area (Å²) >= 11 is 3.43. The molecule has 3 aromatic rings. The lowest BCUT2D eigenvalue weighted by Crippen LogP contribution is -2.42. The highest BCUT2D eigenvalue weighted by Gasteiger charge is 2.38. The van der Waals surface area contributed by atoms with E-state index in [1.807, 2.05) is 60.7 Å². The molecular formula is C20H17BrN2O2S. The number of rotatable bonds is 3. The molecule has 0 unspecified atom stereocenters. The van der Waals surface area contributed by atoms with Gasteiger partial charge in [-0.2, -0.15) is 4.31 Å². The minimum atomic E-state index is -3.63. The molecule has 0 amide bonds.